The molecule has 0 aliphatic rings. The van der Waals surface area contributed by atoms with Crippen LogP contribution >= 0.6 is 11.3 Å². The molecule has 0 radical (unpaired) electrons. The third-order valence-corrected chi connectivity index (χ3v) is 7.61. The van der Waals surface area contributed by atoms with Crippen molar-refractivity contribution in [2.45, 2.75) is 0 Å². The van der Waals surface area contributed by atoms with Gasteiger partial charge in [0, 0.05) is 38.5 Å². The summed E-state index contributed by atoms with van der Waals surface area (Å²) in [6, 6.07) is 39.1. The molecule has 0 fully saturated rings. The lowest BCUT2D eigenvalue weighted by Crippen LogP contribution is -2.00. The minimum atomic E-state index is 0.654. The second-order valence-electron chi connectivity index (χ2n) is 8.75. The van der Waals surface area contributed by atoms with Gasteiger partial charge in [0.1, 0.15) is 0 Å². The van der Waals surface area contributed by atoms with Crippen molar-refractivity contribution in [2.75, 3.05) is 0 Å². The Kier molecular flexibility index (Phi) is 5.26. The van der Waals surface area contributed by atoms with Gasteiger partial charge in [-0.1, -0.05) is 103 Å². The van der Waals surface area contributed by atoms with E-state index in [0.29, 0.717) is 17.5 Å². The molecule has 3 aromatic heterocycles. The molecule has 37 heavy (non-hydrogen) atoms. The SMILES string of the molecule is c1ccc(-c2nc(-c3ccccc3)nc(-c3ccc(-c4ccnc5c4sc4ccccc45)cc3)n2)cc1. The molecule has 0 saturated heterocycles. The lowest BCUT2D eigenvalue weighted by Gasteiger charge is -2.09. The summed E-state index contributed by atoms with van der Waals surface area (Å²) >= 11 is 1.79. The molecule has 5 heteroatoms. The standard InChI is InChI=1S/C32H20N4S/c1-3-9-22(10-4-1)30-34-31(23-11-5-2-6-12-23)36-32(35-30)24-17-15-21(16-18-24)25-19-20-33-28-26-13-7-8-14-27(26)37-29(25)28/h1-20H. The first kappa shape index (κ1) is 21.5. The summed E-state index contributed by atoms with van der Waals surface area (Å²) in [5.74, 6) is 1.98. The number of hydrogen-bond acceptors (Lipinski definition) is 5. The molecule has 0 spiro atoms. The normalized spacial score (nSPS) is 11.2. The molecule has 174 valence electrons. The summed E-state index contributed by atoms with van der Waals surface area (Å²) in [5, 5.41) is 1.20. The van der Waals surface area contributed by atoms with Crippen molar-refractivity contribution in [3.8, 4) is 45.3 Å². The van der Waals surface area contributed by atoms with Crippen molar-refractivity contribution in [3.05, 3.63) is 121 Å². The van der Waals surface area contributed by atoms with Gasteiger partial charge in [0.05, 0.1) is 10.2 Å². The average Bonchev–Trinajstić information content (AvgIpc) is 3.37. The van der Waals surface area contributed by atoms with Gasteiger partial charge in [0.2, 0.25) is 0 Å². The van der Waals surface area contributed by atoms with Crippen molar-refractivity contribution in [2.24, 2.45) is 0 Å². The summed E-state index contributed by atoms with van der Waals surface area (Å²) in [5.41, 5.74) is 6.25. The molecular formula is C32H20N4S. The molecule has 0 atom stereocenters. The molecule has 0 amide bonds. The van der Waals surface area contributed by atoms with Gasteiger partial charge in [-0.25, -0.2) is 15.0 Å². The minimum Gasteiger partial charge on any atom is -0.255 e. The summed E-state index contributed by atoms with van der Waals surface area (Å²) in [4.78, 5) is 19.2. The Morgan fingerprint density at radius 3 is 1.59 bits per heavy atom. The Bertz CT molecular complexity index is 1800. The van der Waals surface area contributed by atoms with Gasteiger partial charge in [-0.2, -0.15) is 0 Å². The zero-order chi connectivity index (χ0) is 24.6. The maximum atomic E-state index is 4.85. The fourth-order valence-electron chi connectivity index (χ4n) is 4.57. The van der Waals surface area contributed by atoms with Crippen molar-refractivity contribution in [1.29, 1.82) is 0 Å². The Hall–Kier alpha value is -4.74. The van der Waals surface area contributed by atoms with Crippen LogP contribution in [0, 0.1) is 0 Å². The molecule has 4 nitrogen and oxygen atoms in total. The Balaban J connectivity index is 1.33. The van der Waals surface area contributed by atoms with Crippen LogP contribution in [-0.2, 0) is 0 Å². The van der Waals surface area contributed by atoms with Crippen molar-refractivity contribution >= 4 is 31.6 Å². The van der Waals surface area contributed by atoms with Crippen LogP contribution in [0.5, 0.6) is 0 Å². The quantitative estimate of drug-likeness (QED) is 0.248. The molecule has 0 bridgehead atoms. The van der Waals surface area contributed by atoms with Crippen LogP contribution in [-0.4, -0.2) is 19.9 Å². The molecule has 0 aliphatic heterocycles. The maximum absolute atomic E-state index is 4.85. The fourth-order valence-corrected chi connectivity index (χ4v) is 5.76. The summed E-state index contributed by atoms with van der Waals surface area (Å²) < 4.78 is 2.45. The highest BCUT2D eigenvalue weighted by molar-refractivity contribution is 7.26. The number of rotatable bonds is 4. The van der Waals surface area contributed by atoms with E-state index in [4.69, 9.17) is 15.0 Å². The van der Waals surface area contributed by atoms with Crippen LogP contribution in [0.1, 0.15) is 0 Å². The highest BCUT2D eigenvalue weighted by Crippen LogP contribution is 2.38. The topological polar surface area (TPSA) is 51.6 Å². The highest BCUT2D eigenvalue weighted by Gasteiger charge is 2.14. The smallest absolute Gasteiger partial charge is 0.164 e. The van der Waals surface area contributed by atoms with Gasteiger partial charge in [-0.3, -0.25) is 4.98 Å². The lowest BCUT2D eigenvalue weighted by atomic mass is 10.0. The van der Waals surface area contributed by atoms with Crippen LogP contribution in [0.3, 0.4) is 0 Å². The minimum absolute atomic E-state index is 0.654. The second kappa shape index (κ2) is 9.04. The average molecular weight is 493 g/mol. The monoisotopic (exact) mass is 492 g/mol. The summed E-state index contributed by atoms with van der Waals surface area (Å²) in [7, 11) is 0. The van der Waals surface area contributed by atoms with Crippen LogP contribution in [0.25, 0.3) is 65.6 Å². The van der Waals surface area contributed by atoms with Gasteiger partial charge < -0.3 is 0 Å². The van der Waals surface area contributed by atoms with E-state index < -0.39 is 0 Å². The molecule has 0 saturated carbocycles. The van der Waals surface area contributed by atoms with Crippen LogP contribution in [0.4, 0.5) is 0 Å². The number of nitrogens with zero attached hydrogens (tertiary/aromatic N) is 4. The number of aromatic nitrogens is 4. The van der Waals surface area contributed by atoms with E-state index in [1.165, 1.54) is 20.3 Å². The van der Waals surface area contributed by atoms with E-state index >= 15 is 0 Å². The summed E-state index contributed by atoms with van der Waals surface area (Å²) in [6.07, 6.45) is 1.90. The van der Waals surface area contributed by atoms with Crippen LogP contribution in [0.15, 0.2) is 121 Å². The van der Waals surface area contributed by atoms with Crippen molar-refractivity contribution in [1.82, 2.24) is 19.9 Å². The zero-order valence-electron chi connectivity index (χ0n) is 19.7. The Morgan fingerprint density at radius 2 is 0.973 bits per heavy atom. The molecule has 0 unspecified atom stereocenters. The Labute approximate surface area is 218 Å². The van der Waals surface area contributed by atoms with E-state index in [1.54, 1.807) is 11.3 Å². The predicted molar refractivity (Wildman–Crippen MR) is 152 cm³/mol. The van der Waals surface area contributed by atoms with Gasteiger partial charge in [0.15, 0.2) is 17.5 Å². The lowest BCUT2D eigenvalue weighted by molar-refractivity contribution is 1.07. The molecular weight excluding hydrogens is 472 g/mol. The third kappa shape index (κ3) is 3.96. The van der Waals surface area contributed by atoms with E-state index in [9.17, 15) is 0 Å². The number of fused-ring (bicyclic) bond motifs is 3. The fraction of sp³-hybridized carbons (Fsp3) is 0. The first-order valence-electron chi connectivity index (χ1n) is 12.1. The second-order valence-corrected chi connectivity index (χ2v) is 9.80. The third-order valence-electron chi connectivity index (χ3n) is 6.41. The van der Waals surface area contributed by atoms with Gasteiger partial charge in [-0.15, -0.1) is 11.3 Å². The number of thiophene rings is 1. The molecule has 4 aromatic carbocycles. The van der Waals surface area contributed by atoms with Gasteiger partial charge in [-0.05, 0) is 17.7 Å². The first-order chi connectivity index (χ1) is 18.3. The molecule has 3 heterocycles. The molecule has 7 aromatic rings. The van der Waals surface area contributed by atoms with E-state index in [-0.39, 0.29) is 0 Å². The van der Waals surface area contributed by atoms with Crippen LogP contribution < -0.4 is 0 Å². The number of benzene rings is 4. The first-order valence-corrected chi connectivity index (χ1v) is 12.9. The highest BCUT2D eigenvalue weighted by atomic mass is 32.1. The summed E-state index contributed by atoms with van der Waals surface area (Å²) in [6.45, 7) is 0. The van der Waals surface area contributed by atoms with E-state index in [2.05, 4.69) is 59.6 Å². The molecule has 0 aliphatic carbocycles. The van der Waals surface area contributed by atoms with Crippen LogP contribution in [0.2, 0.25) is 0 Å². The molecule has 0 N–H and O–H groups in total. The van der Waals surface area contributed by atoms with E-state index in [1.807, 2.05) is 66.9 Å². The Morgan fingerprint density at radius 1 is 0.459 bits per heavy atom. The van der Waals surface area contributed by atoms with E-state index in [0.717, 1.165) is 27.8 Å². The zero-order valence-corrected chi connectivity index (χ0v) is 20.6. The largest absolute Gasteiger partial charge is 0.255 e. The predicted octanol–water partition coefficient (Wildman–Crippen LogP) is 8.30. The molecule has 7 rings (SSSR count). The van der Waals surface area contributed by atoms with Gasteiger partial charge in [0.25, 0.3) is 0 Å². The van der Waals surface area contributed by atoms with Crippen molar-refractivity contribution < 1.29 is 0 Å². The van der Waals surface area contributed by atoms with Crippen molar-refractivity contribution in [3.63, 3.8) is 0 Å². The van der Waals surface area contributed by atoms with Gasteiger partial charge >= 0.3 is 0 Å². The maximum Gasteiger partial charge on any atom is 0.164 e. The number of hydrogen-bond donors (Lipinski definition) is 0. The number of pyridine rings is 1.